The Morgan fingerprint density at radius 2 is 1.72 bits per heavy atom. The van der Waals surface area contributed by atoms with Crippen LogP contribution in [-0.2, 0) is 6.42 Å². The van der Waals surface area contributed by atoms with E-state index in [2.05, 4.69) is 0 Å². The van der Waals surface area contributed by atoms with Crippen LogP contribution in [-0.4, -0.2) is 5.11 Å². The maximum Gasteiger partial charge on any atom is 0.129 e. The Hall–Kier alpha value is -1.74. The van der Waals surface area contributed by atoms with Crippen LogP contribution in [0.25, 0.3) is 0 Å². The minimum absolute atomic E-state index is 0.00181. The van der Waals surface area contributed by atoms with Crippen molar-refractivity contribution in [3.63, 3.8) is 0 Å². The predicted molar refractivity (Wildman–Crippen MR) is 66.2 cm³/mol. The van der Waals surface area contributed by atoms with Gasteiger partial charge in [-0.25, -0.2) is 8.78 Å². The molecule has 2 aromatic carbocycles. The summed E-state index contributed by atoms with van der Waals surface area (Å²) in [6.07, 6.45) is -0.775. The lowest BCUT2D eigenvalue weighted by Crippen LogP contribution is -2.05. The van der Waals surface area contributed by atoms with Crippen LogP contribution in [0.3, 0.4) is 0 Å². The highest BCUT2D eigenvalue weighted by Crippen LogP contribution is 2.23. The summed E-state index contributed by atoms with van der Waals surface area (Å²) in [6, 6.07) is 11.4. The van der Waals surface area contributed by atoms with Crippen molar-refractivity contribution < 1.29 is 13.9 Å². The van der Waals surface area contributed by atoms with Crippen molar-refractivity contribution in [1.29, 1.82) is 0 Å². The zero-order chi connectivity index (χ0) is 13.1. The van der Waals surface area contributed by atoms with E-state index in [1.54, 1.807) is 0 Å². The number of aliphatic hydroxyl groups excluding tert-OH is 1. The lowest BCUT2D eigenvalue weighted by molar-refractivity contribution is 0.173. The fourth-order valence-corrected chi connectivity index (χ4v) is 1.86. The lowest BCUT2D eigenvalue weighted by atomic mass is 10.00. The Balaban J connectivity index is 2.24. The number of halogens is 2. The fraction of sp³-hybridized carbons (Fsp3) is 0.200. The van der Waals surface area contributed by atoms with Crippen LogP contribution in [0, 0.1) is 18.6 Å². The molecule has 2 aromatic rings. The van der Waals surface area contributed by atoms with E-state index in [1.807, 2.05) is 30.3 Å². The Kier molecular flexibility index (Phi) is 3.72. The standard InChI is InChI=1S/C15H14F2O/c1-10-7-14(17)12(9-13(10)16)15(18)8-11-5-3-2-4-6-11/h2-7,9,15,18H,8H2,1H3. The summed E-state index contributed by atoms with van der Waals surface area (Å²) in [5.41, 5.74) is 1.12. The van der Waals surface area contributed by atoms with Gasteiger partial charge in [0.05, 0.1) is 6.10 Å². The van der Waals surface area contributed by atoms with Crippen LogP contribution in [0.2, 0.25) is 0 Å². The molecule has 0 saturated carbocycles. The summed E-state index contributed by atoms with van der Waals surface area (Å²) < 4.78 is 27.0. The van der Waals surface area contributed by atoms with Gasteiger partial charge in [-0.15, -0.1) is 0 Å². The van der Waals surface area contributed by atoms with Gasteiger partial charge in [-0.05, 0) is 30.2 Å². The summed E-state index contributed by atoms with van der Waals surface area (Å²) in [6.45, 7) is 1.49. The molecule has 2 rings (SSSR count). The van der Waals surface area contributed by atoms with E-state index in [9.17, 15) is 13.9 Å². The van der Waals surface area contributed by atoms with Gasteiger partial charge in [-0.1, -0.05) is 30.3 Å². The van der Waals surface area contributed by atoms with Crippen molar-refractivity contribution in [1.82, 2.24) is 0 Å². The number of aliphatic hydroxyl groups is 1. The number of hydrogen-bond acceptors (Lipinski definition) is 1. The molecule has 0 aliphatic heterocycles. The second kappa shape index (κ2) is 5.27. The summed E-state index contributed by atoms with van der Waals surface area (Å²) in [4.78, 5) is 0. The molecular weight excluding hydrogens is 234 g/mol. The molecule has 0 aliphatic rings. The normalized spacial score (nSPS) is 12.4. The third-order valence-electron chi connectivity index (χ3n) is 2.91. The third-order valence-corrected chi connectivity index (χ3v) is 2.91. The zero-order valence-corrected chi connectivity index (χ0v) is 10.0. The number of rotatable bonds is 3. The summed E-state index contributed by atoms with van der Waals surface area (Å²) in [7, 11) is 0. The number of hydrogen-bond donors (Lipinski definition) is 1. The molecular formula is C15H14F2O. The molecule has 0 aromatic heterocycles. The van der Waals surface area contributed by atoms with Gasteiger partial charge in [0.15, 0.2) is 0 Å². The first-order chi connectivity index (χ1) is 8.58. The monoisotopic (exact) mass is 248 g/mol. The average Bonchev–Trinajstić information content (AvgIpc) is 2.35. The van der Waals surface area contributed by atoms with Crippen molar-refractivity contribution in [2.75, 3.05) is 0 Å². The van der Waals surface area contributed by atoms with Gasteiger partial charge in [0, 0.05) is 12.0 Å². The molecule has 0 radical (unpaired) electrons. The first kappa shape index (κ1) is 12.7. The molecule has 0 saturated heterocycles. The topological polar surface area (TPSA) is 20.2 Å². The van der Waals surface area contributed by atoms with E-state index < -0.39 is 17.7 Å². The molecule has 0 aliphatic carbocycles. The molecule has 94 valence electrons. The Morgan fingerprint density at radius 3 is 2.39 bits per heavy atom. The van der Waals surface area contributed by atoms with Crippen LogP contribution < -0.4 is 0 Å². The van der Waals surface area contributed by atoms with Crippen LogP contribution in [0.5, 0.6) is 0 Å². The van der Waals surface area contributed by atoms with Crippen molar-refractivity contribution in [3.05, 3.63) is 70.8 Å². The quantitative estimate of drug-likeness (QED) is 0.880. The van der Waals surface area contributed by atoms with Crippen LogP contribution in [0.1, 0.15) is 22.8 Å². The highest BCUT2D eigenvalue weighted by atomic mass is 19.1. The molecule has 1 N–H and O–H groups in total. The predicted octanol–water partition coefficient (Wildman–Crippen LogP) is 3.55. The van der Waals surface area contributed by atoms with Crippen LogP contribution in [0.4, 0.5) is 8.78 Å². The highest BCUT2D eigenvalue weighted by molar-refractivity contribution is 5.28. The highest BCUT2D eigenvalue weighted by Gasteiger charge is 2.15. The minimum atomic E-state index is -1.04. The third kappa shape index (κ3) is 2.74. The maximum atomic E-state index is 13.7. The van der Waals surface area contributed by atoms with E-state index in [-0.39, 0.29) is 17.5 Å². The van der Waals surface area contributed by atoms with E-state index >= 15 is 0 Å². The molecule has 1 atom stereocenters. The molecule has 0 fully saturated rings. The molecule has 0 heterocycles. The minimum Gasteiger partial charge on any atom is -0.388 e. The molecule has 0 amide bonds. The Bertz CT molecular complexity index is 538. The van der Waals surface area contributed by atoms with Gasteiger partial charge in [0.25, 0.3) is 0 Å². The summed E-state index contributed by atoms with van der Waals surface area (Å²) in [5.74, 6) is -1.07. The van der Waals surface area contributed by atoms with Crippen LogP contribution in [0.15, 0.2) is 42.5 Å². The molecule has 0 bridgehead atoms. The second-order valence-corrected chi connectivity index (χ2v) is 4.33. The van der Waals surface area contributed by atoms with E-state index in [1.165, 1.54) is 6.92 Å². The SMILES string of the molecule is Cc1cc(F)c(C(O)Cc2ccccc2)cc1F. The van der Waals surface area contributed by atoms with Gasteiger partial charge < -0.3 is 5.11 Å². The molecule has 1 unspecified atom stereocenters. The van der Waals surface area contributed by atoms with Crippen molar-refractivity contribution in [2.45, 2.75) is 19.4 Å². The Morgan fingerprint density at radius 1 is 1.06 bits per heavy atom. The molecule has 3 heteroatoms. The number of benzene rings is 2. The molecule has 1 nitrogen and oxygen atoms in total. The van der Waals surface area contributed by atoms with Gasteiger partial charge in [-0.2, -0.15) is 0 Å². The average molecular weight is 248 g/mol. The van der Waals surface area contributed by atoms with Gasteiger partial charge in [0.2, 0.25) is 0 Å². The van der Waals surface area contributed by atoms with Gasteiger partial charge in [-0.3, -0.25) is 0 Å². The van der Waals surface area contributed by atoms with Crippen molar-refractivity contribution in [3.8, 4) is 0 Å². The van der Waals surface area contributed by atoms with Gasteiger partial charge in [0.1, 0.15) is 11.6 Å². The van der Waals surface area contributed by atoms with E-state index in [0.29, 0.717) is 0 Å². The smallest absolute Gasteiger partial charge is 0.129 e. The first-order valence-corrected chi connectivity index (χ1v) is 5.75. The lowest BCUT2D eigenvalue weighted by Gasteiger charge is -2.13. The second-order valence-electron chi connectivity index (χ2n) is 4.33. The van der Waals surface area contributed by atoms with Gasteiger partial charge >= 0.3 is 0 Å². The zero-order valence-electron chi connectivity index (χ0n) is 10.0. The summed E-state index contributed by atoms with van der Waals surface area (Å²) in [5, 5.41) is 9.96. The van der Waals surface area contributed by atoms with Crippen molar-refractivity contribution in [2.24, 2.45) is 0 Å². The van der Waals surface area contributed by atoms with E-state index in [4.69, 9.17) is 0 Å². The number of aryl methyl sites for hydroxylation is 1. The fourth-order valence-electron chi connectivity index (χ4n) is 1.86. The summed E-state index contributed by atoms with van der Waals surface area (Å²) >= 11 is 0. The molecule has 18 heavy (non-hydrogen) atoms. The first-order valence-electron chi connectivity index (χ1n) is 5.75. The van der Waals surface area contributed by atoms with Crippen LogP contribution >= 0.6 is 0 Å². The maximum absolute atomic E-state index is 13.7. The molecule has 0 spiro atoms. The Labute approximate surface area is 105 Å². The van der Waals surface area contributed by atoms with Crippen molar-refractivity contribution >= 4 is 0 Å². The van der Waals surface area contributed by atoms with E-state index in [0.717, 1.165) is 17.7 Å². The largest absolute Gasteiger partial charge is 0.388 e.